The molecule has 0 heterocycles. The molecule has 9 aromatic rings. The van der Waals surface area contributed by atoms with Gasteiger partial charge in [-0.05, 0) is 125 Å². The molecule has 278 valence electrons. The first kappa shape index (κ1) is 14.3. The Kier molecular flexibility index (Phi) is 3.05. The number of fused-ring (bicyclic) bond motifs is 13. The van der Waals surface area contributed by atoms with Crippen LogP contribution in [0.3, 0.4) is 0 Å². The maximum atomic E-state index is 10.2. The van der Waals surface area contributed by atoms with Crippen molar-refractivity contribution in [1.82, 2.24) is 0 Å². The fourth-order valence-corrected chi connectivity index (χ4v) is 8.45. The molecule has 0 aliphatic heterocycles. The third-order valence-electron chi connectivity index (χ3n) is 10.8. The first-order valence-corrected chi connectivity index (χ1v) is 18.0. The molecule has 0 unspecified atom stereocenters. The Labute approximate surface area is 394 Å². The summed E-state index contributed by atoms with van der Waals surface area (Å²) < 4.78 is 313. The summed E-state index contributed by atoms with van der Waals surface area (Å²) in [5.41, 5.74) is -17.0. The van der Waals surface area contributed by atoms with E-state index in [2.05, 4.69) is 0 Å². The molecular formula is C58H41N. The van der Waals surface area contributed by atoms with Crippen LogP contribution in [0.25, 0.3) is 55.6 Å². The van der Waals surface area contributed by atoms with E-state index in [4.69, 9.17) is 26.0 Å². The second-order valence-electron chi connectivity index (χ2n) is 13.8. The van der Waals surface area contributed by atoms with Gasteiger partial charge in [0, 0.05) is 30.7 Å². The molecule has 0 amide bonds. The highest BCUT2D eigenvalue weighted by Crippen LogP contribution is 2.64. The Morgan fingerprint density at radius 2 is 0.881 bits per heavy atom. The van der Waals surface area contributed by atoms with Gasteiger partial charge in [0.2, 0.25) is 0 Å². The summed E-state index contributed by atoms with van der Waals surface area (Å²) in [5, 5.41) is 0. The molecule has 1 spiro atoms. The molecule has 1 heteroatoms. The van der Waals surface area contributed by atoms with Gasteiger partial charge in [-0.25, -0.2) is 0 Å². The number of nitrogens with zero attached hydrogens (tertiary/aromatic N) is 1. The highest BCUT2D eigenvalue weighted by atomic mass is 15.1. The van der Waals surface area contributed by atoms with E-state index in [1.165, 1.54) is 18.2 Å². The van der Waals surface area contributed by atoms with E-state index in [1.54, 1.807) is 24.3 Å². The fourth-order valence-electron chi connectivity index (χ4n) is 8.45. The minimum absolute atomic E-state index is 0.0405. The molecule has 0 saturated heterocycles. The van der Waals surface area contributed by atoms with E-state index in [0.717, 1.165) is 0 Å². The maximum Gasteiger partial charge on any atom is 0.0725 e. The Bertz CT molecular complexity index is 4830. The van der Waals surface area contributed by atoms with Gasteiger partial charge in [0.15, 0.2) is 0 Å². The third kappa shape index (κ3) is 4.73. The standard InChI is InChI=1S/C58H41N/c1-57(2)50-22-10-6-17-45(50)48-36-35-43(37-55(48)57)59(41-31-27-39(28-32-41)38-15-4-3-5-16-38)42-33-29-40(30-34-42)44-21-14-26-54-56(44)49-20-9-13-25-53(49)58(54)51-23-11-7-18-46(51)47-19-8-12-24-52(47)58/h3-37H,1-2H3/i1D3,2D3,3D,4D,5D,6D,7D,8D,10D,11D,12D,15D,16D,17D,18D,19D,22D,23D,24D,27D,28D,29D,30D,31D,32D,33D,34D,35D,36D,37D. The third-order valence-corrected chi connectivity index (χ3v) is 10.8. The Hall–Kier alpha value is -7.22. The molecule has 0 N–H and O–H groups in total. The van der Waals surface area contributed by atoms with E-state index in [1.807, 2.05) is 0 Å². The van der Waals surface area contributed by atoms with Gasteiger partial charge in [0.25, 0.3) is 0 Å². The minimum Gasteiger partial charge on any atom is -0.310 e. The second-order valence-corrected chi connectivity index (χ2v) is 13.8. The van der Waals surface area contributed by atoms with Gasteiger partial charge in [-0.1, -0.05) is 189 Å². The quantitative estimate of drug-likeness (QED) is 0.168. The van der Waals surface area contributed by atoms with Crippen molar-refractivity contribution in [2.24, 2.45) is 0 Å². The average molecular weight is 786 g/mol. The summed E-state index contributed by atoms with van der Waals surface area (Å²) >= 11 is 0. The fraction of sp³-hybridized carbons (Fsp3) is 0.0690. The molecule has 1 nitrogen and oxygen atoms in total. The topological polar surface area (TPSA) is 3.24 Å². The summed E-state index contributed by atoms with van der Waals surface area (Å²) in [6.45, 7) is -8.03. The molecule has 3 aliphatic carbocycles. The van der Waals surface area contributed by atoms with Gasteiger partial charge in [0.05, 0.1) is 43.8 Å². The molecule has 0 saturated carbocycles. The zero-order chi connectivity index (χ0) is 68.7. The van der Waals surface area contributed by atoms with Crippen molar-refractivity contribution in [1.29, 1.82) is 0 Å². The zero-order valence-electron chi connectivity index (χ0n) is 64.0. The van der Waals surface area contributed by atoms with Crippen LogP contribution in [0.1, 0.15) is 93.7 Å². The van der Waals surface area contributed by atoms with E-state index in [0.29, 0.717) is 0 Å². The molecule has 0 aromatic heterocycles. The van der Waals surface area contributed by atoms with Crippen LogP contribution < -0.4 is 4.90 Å². The van der Waals surface area contributed by atoms with Crippen LogP contribution >= 0.6 is 0 Å². The molecule has 0 fully saturated rings. The SMILES string of the molecule is [2H]c1c([2H])c([2H])c(-c2c([2H])c([2H])c(N(c3c([2H])c([2H])c(-c4cccc5c4-c4ccccc4C54c5c([2H])c([2H])c([2H])c([2H])c5-c5c([2H])c([2H])c([2H])c([2H])c54)c([2H])c3[2H])c3c([2H])c([2H])c4c(c3[2H])C(C([2H])([2H])[2H])(C([2H])([2H])[2H])c3c([2H])c([2H])c([2H])c([2H])c3-4)c([2H])c2[2H])c([2H])c1[2H]. The van der Waals surface area contributed by atoms with E-state index < -0.39 is 250 Å². The van der Waals surface area contributed by atoms with Crippen molar-refractivity contribution in [3.8, 4) is 55.6 Å². The molecule has 9 aromatic carbocycles. The lowest BCUT2D eigenvalue weighted by atomic mass is 9.70. The van der Waals surface area contributed by atoms with Crippen LogP contribution in [-0.2, 0) is 10.8 Å². The summed E-state index contributed by atoms with van der Waals surface area (Å²) in [6, 6.07) is -18.5. The lowest BCUT2D eigenvalue weighted by Crippen LogP contribution is -2.25. The molecule has 12 rings (SSSR count). The van der Waals surface area contributed by atoms with Crippen LogP contribution in [-0.4, -0.2) is 0 Å². The largest absolute Gasteiger partial charge is 0.310 e. The Morgan fingerprint density at radius 1 is 0.373 bits per heavy atom. The van der Waals surface area contributed by atoms with Crippen LogP contribution in [0.2, 0.25) is 0 Å². The minimum atomic E-state index is -4.01. The van der Waals surface area contributed by atoms with Crippen molar-refractivity contribution in [3.63, 3.8) is 0 Å². The Balaban J connectivity index is 1.23. The van der Waals surface area contributed by atoms with Gasteiger partial charge in [0.1, 0.15) is 0 Å². The van der Waals surface area contributed by atoms with Gasteiger partial charge in [-0.3, -0.25) is 0 Å². The van der Waals surface area contributed by atoms with Crippen molar-refractivity contribution >= 4 is 17.1 Å². The zero-order valence-corrected chi connectivity index (χ0v) is 30.0. The summed E-state index contributed by atoms with van der Waals surface area (Å²) in [6.07, 6.45) is 0. The van der Waals surface area contributed by atoms with E-state index >= 15 is 0 Å². The number of hydrogen-bond acceptors (Lipinski definition) is 1. The monoisotopic (exact) mass is 786 g/mol. The second kappa shape index (κ2) is 12.6. The first-order chi connectivity index (χ1) is 43.2. The van der Waals surface area contributed by atoms with Crippen LogP contribution in [0.4, 0.5) is 17.1 Å². The van der Waals surface area contributed by atoms with Gasteiger partial charge in [-0.2, -0.15) is 0 Å². The predicted molar refractivity (Wildman–Crippen MR) is 246 cm³/mol. The molecule has 0 radical (unpaired) electrons. The normalized spacial score (nSPS) is 22.8. The Morgan fingerprint density at radius 3 is 1.56 bits per heavy atom. The summed E-state index contributed by atoms with van der Waals surface area (Å²) in [5.74, 6) is 0. The highest BCUT2D eigenvalue weighted by Gasteiger charge is 2.52. The molecule has 3 aliphatic rings. The molecule has 0 bridgehead atoms. The smallest absolute Gasteiger partial charge is 0.0725 e. The van der Waals surface area contributed by atoms with Crippen molar-refractivity contribution in [2.75, 3.05) is 4.90 Å². The number of hydrogen-bond donors (Lipinski definition) is 0. The summed E-state index contributed by atoms with van der Waals surface area (Å²) in [7, 11) is 0. The van der Waals surface area contributed by atoms with E-state index in [9.17, 15) is 20.6 Å². The van der Waals surface area contributed by atoms with Gasteiger partial charge < -0.3 is 4.90 Å². The average Bonchev–Trinajstić information content (AvgIpc) is 1.51. The molecular weight excluding hydrogens is 711 g/mol. The lowest BCUT2D eigenvalue weighted by Gasteiger charge is -2.30. The van der Waals surface area contributed by atoms with Gasteiger partial charge in [-0.15, -0.1) is 0 Å². The molecule has 59 heavy (non-hydrogen) atoms. The number of rotatable bonds is 5. The number of benzene rings is 9. The van der Waals surface area contributed by atoms with Crippen molar-refractivity contribution in [2.45, 2.75) is 24.5 Å². The predicted octanol–water partition coefficient (Wildman–Crippen LogP) is 15.1. The van der Waals surface area contributed by atoms with Crippen LogP contribution in [0, 0.1) is 0 Å². The van der Waals surface area contributed by atoms with E-state index in [-0.39, 0.29) is 55.0 Å². The van der Waals surface area contributed by atoms with Crippen LogP contribution in [0.5, 0.6) is 0 Å². The number of anilines is 3. The summed E-state index contributed by atoms with van der Waals surface area (Å²) in [4.78, 5) is 0.258. The van der Waals surface area contributed by atoms with Crippen LogP contribution in [0.15, 0.2) is 212 Å². The maximum absolute atomic E-state index is 10.2. The van der Waals surface area contributed by atoms with Crippen molar-refractivity contribution < 1.29 is 46.6 Å². The first-order valence-electron chi connectivity index (χ1n) is 35.0. The highest BCUT2D eigenvalue weighted by molar-refractivity contribution is 6.00. The van der Waals surface area contributed by atoms with Crippen molar-refractivity contribution in [3.05, 3.63) is 245 Å². The molecule has 0 atom stereocenters. The lowest BCUT2D eigenvalue weighted by molar-refractivity contribution is 0.660. The van der Waals surface area contributed by atoms with Gasteiger partial charge >= 0.3 is 0 Å².